The lowest BCUT2D eigenvalue weighted by Crippen LogP contribution is -2.19. The molecule has 0 radical (unpaired) electrons. The Morgan fingerprint density at radius 3 is 2.00 bits per heavy atom. The molecule has 0 spiro atoms. The second kappa shape index (κ2) is 6.78. The van der Waals surface area contributed by atoms with Crippen LogP contribution in [0.25, 0.3) is 0 Å². The summed E-state index contributed by atoms with van der Waals surface area (Å²) in [6.07, 6.45) is 0.508. The van der Waals surface area contributed by atoms with Gasteiger partial charge in [-0.25, -0.2) is 8.78 Å². The second-order valence-electron chi connectivity index (χ2n) is 4.53. The minimum Gasteiger partial charge on any atom is -0.313 e. The SMILES string of the molecule is CNC(Cc1cc(F)cc(F)c1)c1cc(Br)cc(Br)c1. The molecule has 0 aromatic heterocycles. The van der Waals surface area contributed by atoms with Crippen molar-refractivity contribution in [2.24, 2.45) is 0 Å². The molecule has 20 heavy (non-hydrogen) atoms. The van der Waals surface area contributed by atoms with E-state index in [-0.39, 0.29) is 6.04 Å². The summed E-state index contributed by atoms with van der Waals surface area (Å²) in [4.78, 5) is 0. The van der Waals surface area contributed by atoms with Crippen LogP contribution in [0.15, 0.2) is 45.3 Å². The minimum atomic E-state index is -0.551. The first kappa shape index (κ1) is 15.6. The zero-order valence-corrected chi connectivity index (χ0v) is 13.9. The maximum absolute atomic E-state index is 13.2. The van der Waals surface area contributed by atoms with Crippen LogP contribution in [0.1, 0.15) is 17.2 Å². The zero-order chi connectivity index (χ0) is 14.7. The normalized spacial score (nSPS) is 12.4. The summed E-state index contributed by atoms with van der Waals surface area (Å²) in [6.45, 7) is 0. The van der Waals surface area contributed by atoms with E-state index in [2.05, 4.69) is 37.2 Å². The highest BCUT2D eigenvalue weighted by Gasteiger charge is 2.13. The summed E-state index contributed by atoms with van der Waals surface area (Å²) in [5.74, 6) is -1.10. The number of benzene rings is 2. The van der Waals surface area contributed by atoms with Crippen molar-refractivity contribution in [3.63, 3.8) is 0 Å². The summed E-state index contributed by atoms with van der Waals surface area (Å²) in [7, 11) is 1.83. The van der Waals surface area contributed by atoms with Gasteiger partial charge in [0.25, 0.3) is 0 Å². The zero-order valence-electron chi connectivity index (χ0n) is 10.8. The monoisotopic (exact) mass is 403 g/mol. The third-order valence-electron chi connectivity index (χ3n) is 3.00. The maximum atomic E-state index is 13.2. The highest BCUT2D eigenvalue weighted by atomic mass is 79.9. The van der Waals surface area contributed by atoms with E-state index in [1.54, 1.807) is 0 Å². The number of nitrogens with one attached hydrogen (secondary N) is 1. The van der Waals surface area contributed by atoms with Crippen LogP contribution in [-0.4, -0.2) is 7.05 Å². The van der Waals surface area contributed by atoms with Crippen molar-refractivity contribution in [1.29, 1.82) is 0 Å². The van der Waals surface area contributed by atoms with Crippen LogP contribution in [-0.2, 0) is 6.42 Å². The molecular weight excluding hydrogens is 392 g/mol. The average Bonchev–Trinajstić information content (AvgIpc) is 2.33. The molecule has 2 rings (SSSR count). The predicted molar refractivity (Wildman–Crippen MR) is 83.7 cm³/mol. The van der Waals surface area contributed by atoms with Crippen molar-refractivity contribution in [3.05, 3.63) is 68.1 Å². The summed E-state index contributed by atoms with van der Waals surface area (Å²) >= 11 is 6.88. The highest BCUT2D eigenvalue weighted by Crippen LogP contribution is 2.26. The average molecular weight is 405 g/mol. The fraction of sp³-hybridized carbons (Fsp3) is 0.200. The van der Waals surface area contributed by atoms with E-state index in [0.29, 0.717) is 12.0 Å². The minimum absolute atomic E-state index is 0.0231. The van der Waals surface area contributed by atoms with Gasteiger partial charge in [-0.2, -0.15) is 0 Å². The Kier molecular flexibility index (Phi) is 5.29. The number of rotatable bonds is 4. The first-order valence-electron chi connectivity index (χ1n) is 6.06. The van der Waals surface area contributed by atoms with Gasteiger partial charge in [0, 0.05) is 21.1 Å². The van der Waals surface area contributed by atoms with Crippen LogP contribution in [0.3, 0.4) is 0 Å². The van der Waals surface area contributed by atoms with Crippen LogP contribution in [0.4, 0.5) is 8.78 Å². The topological polar surface area (TPSA) is 12.0 Å². The highest BCUT2D eigenvalue weighted by molar-refractivity contribution is 9.11. The van der Waals surface area contributed by atoms with Gasteiger partial charge in [-0.3, -0.25) is 0 Å². The van der Waals surface area contributed by atoms with Gasteiger partial charge in [-0.05, 0) is 54.9 Å². The fourth-order valence-electron chi connectivity index (χ4n) is 2.13. The summed E-state index contributed by atoms with van der Waals surface area (Å²) in [5, 5.41) is 3.17. The number of hydrogen-bond acceptors (Lipinski definition) is 1. The first-order valence-corrected chi connectivity index (χ1v) is 7.65. The van der Waals surface area contributed by atoms with Crippen LogP contribution in [0.2, 0.25) is 0 Å². The molecule has 0 aliphatic rings. The summed E-state index contributed by atoms with van der Waals surface area (Å²) < 4.78 is 28.4. The van der Waals surface area contributed by atoms with Gasteiger partial charge in [0.2, 0.25) is 0 Å². The number of hydrogen-bond donors (Lipinski definition) is 1. The second-order valence-corrected chi connectivity index (χ2v) is 6.36. The van der Waals surface area contributed by atoms with E-state index in [9.17, 15) is 8.78 Å². The van der Waals surface area contributed by atoms with Crippen molar-refractivity contribution in [2.75, 3.05) is 7.05 Å². The van der Waals surface area contributed by atoms with Crippen molar-refractivity contribution in [2.45, 2.75) is 12.5 Å². The Morgan fingerprint density at radius 2 is 1.50 bits per heavy atom. The van der Waals surface area contributed by atoms with Crippen molar-refractivity contribution in [3.8, 4) is 0 Å². The van der Waals surface area contributed by atoms with Crippen LogP contribution >= 0.6 is 31.9 Å². The number of likely N-dealkylation sites (N-methyl/N-ethyl adjacent to an activating group) is 1. The maximum Gasteiger partial charge on any atom is 0.126 e. The molecule has 2 aromatic carbocycles. The Morgan fingerprint density at radius 1 is 0.950 bits per heavy atom. The van der Waals surface area contributed by atoms with Gasteiger partial charge in [-0.1, -0.05) is 31.9 Å². The molecule has 0 amide bonds. The third-order valence-corrected chi connectivity index (χ3v) is 3.91. The largest absolute Gasteiger partial charge is 0.313 e. The first-order chi connectivity index (χ1) is 9.47. The molecule has 1 nitrogen and oxygen atoms in total. The van der Waals surface area contributed by atoms with Crippen molar-refractivity contribution >= 4 is 31.9 Å². The van der Waals surface area contributed by atoms with E-state index in [0.717, 1.165) is 20.6 Å². The molecule has 1 unspecified atom stereocenters. The number of halogens is 4. The van der Waals surface area contributed by atoms with Crippen molar-refractivity contribution in [1.82, 2.24) is 5.32 Å². The molecule has 0 aliphatic carbocycles. The van der Waals surface area contributed by atoms with E-state index >= 15 is 0 Å². The Hall–Kier alpha value is -0.780. The predicted octanol–water partition coefficient (Wildman–Crippen LogP) is 4.99. The van der Waals surface area contributed by atoms with Gasteiger partial charge in [0.1, 0.15) is 11.6 Å². The lowest BCUT2D eigenvalue weighted by Gasteiger charge is -2.18. The van der Waals surface area contributed by atoms with E-state index in [1.165, 1.54) is 12.1 Å². The molecule has 2 aromatic rings. The molecule has 0 saturated heterocycles. The standard InChI is InChI=1S/C15H13Br2F2N/c1-20-15(10-5-11(16)7-12(17)6-10)4-9-2-13(18)8-14(19)3-9/h2-3,5-8,15,20H,4H2,1H3. The van der Waals surface area contributed by atoms with Gasteiger partial charge < -0.3 is 5.32 Å². The Bertz CT molecular complexity index is 576. The quantitative estimate of drug-likeness (QED) is 0.756. The Balaban J connectivity index is 2.28. The molecular formula is C15H13Br2F2N. The van der Waals surface area contributed by atoms with Gasteiger partial charge in [0.15, 0.2) is 0 Å². The molecule has 1 atom stereocenters. The molecule has 0 bridgehead atoms. The van der Waals surface area contributed by atoms with Gasteiger partial charge in [-0.15, -0.1) is 0 Å². The van der Waals surface area contributed by atoms with Crippen LogP contribution < -0.4 is 5.32 Å². The van der Waals surface area contributed by atoms with E-state index in [1.807, 2.05) is 25.2 Å². The third kappa shape index (κ3) is 4.11. The van der Waals surface area contributed by atoms with Crippen molar-refractivity contribution < 1.29 is 8.78 Å². The summed E-state index contributed by atoms with van der Waals surface area (Å²) in [5.41, 5.74) is 1.66. The molecule has 0 aliphatic heterocycles. The van der Waals surface area contributed by atoms with Crippen LogP contribution in [0.5, 0.6) is 0 Å². The molecule has 106 valence electrons. The smallest absolute Gasteiger partial charge is 0.126 e. The van der Waals surface area contributed by atoms with Gasteiger partial charge in [0.05, 0.1) is 0 Å². The van der Waals surface area contributed by atoms with E-state index in [4.69, 9.17) is 0 Å². The molecule has 5 heteroatoms. The lowest BCUT2D eigenvalue weighted by molar-refractivity contribution is 0.562. The van der Waals surface area contributed by atoms with Gasteiger partial charge >= 0.3 is 0 Å². The molecule has 0 saturated carbocycles. The molecule has 0 heterocycles. The summed E-state index contributed by atoms with van der Waals surface area (Å²) in [6, 6.07) is 9.50. The lowest BCUT2D eigenvalue weighted by atomic mass is 9.99. The van der Waals surface area contributed by atoms with E-state index < -0.39 is 11.6 Å². The molecule has 1 N–H and O–H groups in total. The van der Waals surface area contributed by atoms with Crippen LogP contribution in [0, 0.1) is 11.6 Å². The molecule has 0 fully saturated rings. The Labute approximate surface area is 133 Å². The fourth-order valence-corrected chi connectivity index (χ4v) is 3.46.